The van der Waals surface area contributed by atoms with Gasteiger partial charge in [0.15, 0.2) is 5.58 Å². The highest BCUT2D eigenvalue weighted by Crippen LogP contribution is 2.28. The van der Waals surface area contributed by atoms with Gasteiger partial charge in [0, 0.05) is 23.2 Å². The minimum absolute atomic E-state index is 0.0237. The molecule has 0 radical (unpaired) electrons. The van der Waals surface area contributed by atoms with E-state index in [1.165, 1.54) is 0 Å². The van der Waals surface area contributed by atoms with Gasteiger partial charge in [0.2, 0.25) is 11.8 Å². The Morgan fingerprint density at radius 2 is 2.04 bits per heavy atom. The van der Waals surface area contributed by atoms with Gasteiger partial charge in [0.05, 0.1) is 7.11 Å². The Hall–Kier alpha value is -2.82. The van der Waals surface area contributed by atoms with Gasteiger partial charge >= 0.3 is 0 Å². The average molecular weight is 310 g/mol. The highest BCUT2D eigenvalue weighted by molar-refractivity contribution is 5.92. The van der Waals surface area contributed by atoms with E-state index in [0.717, 1.165) is 22.5 Å². The molecule has 0 aliphatic rings. The van der Waals surface area contributed by atoms with Gasteiger partial charge in [-0.05, 0) is 30.3 Å². The number of hydrogen-bond donors (Lipinski definition) is 1. The number of oxazole rings is 1. The minimum Gasteiger partial charge on any atom is -0.497 e. The predicted octanol–water partition coefficient (Wildman–Crippen LogP) is 4.10. The number of benzene rings is 2. The zero-order chi connectivity index (χ0) is 16.4. The largest absolute Gasteiger partial charge is 0.497 e. The molecule has 5 heteroatoms. The molecule has 0 atom stereocenters. The molecule has 1 aromatic heterocycles. The summed E-state index contributed by atoms with van der Waals surface area (Å²) in [6.07, 6.45) is 0. The van der Waals surface area contributed by atoms with Gasteiger partial charge in [-0.1, -0.05) is 19.9 Å². The fraction of sp³-hybridized carbons (Fsp3) is 0.222. The maximum absolute atomic E-state index is 11.8. The number of nitrogens with one attached hydrogen (secondary N) is 1. The summed E-state index contributed by atoms with van der Waals surface area (Å²) in [6.45, 7) is 3.71. The second-order valence-corrected chi connectivity index (χ2v) is 5.58. The minimum atomic E-state index is -0.0737. The van der Waals surface area contributed by atoms with Crippen LogP contribution < -0.4 is 10.1 Å². The van der Waals surface area contributed by atoms with Gasteiger partial charge in [-0.3, -0.25) is 4.79 Å². The molecule has 3 rings (SSSR count). The molecule has 0 unspecified atom stereocenters. The fourth-order valence-electron chi connectivity index (χ4n) is 2.17. The molecule has 1 amide bonds. The number of hydrogen-bond acceptors (Lipinski definition) is 4. The van der Waals surface area contributed by atoms with Gasteiger partial charge in [-0.15, -0.1) is 0 Å². The zero-order valence-corrected chi connectivity index (χ0v) is 13.3. The molecular formula is C18H18N2O3. The lowest BCUT2D eigenvalue weighted by molar-refractivity contribution is -0.118. The number of ether oxygens (including phenoxy) is 1. The fourth-order valence-corrected chi connectivity index (χ4v) is 2.17. The summed E-state index contributed by atoms with van der Waals surface area (Å²) in [5.41, 5.74) is 2.95. The molecule has 0 spiro atoms. The van der Waals surface area contributed by atoms with Crippen molar-refractivity contribution >= 4 is 22.7 Å². The molecule has 0 bridgehead atoms. The highest BCUT2D eigenvalue weighted by Gasteiger charge is 2.11. The highest BCUT2D eigenvalue weighted by atomic mass is 16.5. The molecule has 1 heterocycles. The van der Waals surface area contributed by atoms with Gasteiger partial charge in [-0.2, -0.15) is 0 Å². The van der Waals surface area contributed by atoms with Crippen LogP contribution in [0.25, 0.3) is 22.6 Å². The molecule has 118 valence electrons. The third kappa shape index (κ3) is 3.18. The van der Waals surface area contributed by atoms with Crippen molar-refractivity contribution < 1.29 is 13.9 Å². The first kappa shape index (κ1) is 15.1. The molecule has 0 saturated heterocycles. The first-order valence-corrected chi connectivity index (χ1v) is 7.42. The smallest absolute Gasteiger partial charge is 0.227 e. The zero-order valence-electron chi connectivity index (χ0n) is 13.3. The Morgan fingerprint density at radius 1 is 1.22 bits per heavy atom. The van der Waals surface area contributed by atoms with Crippen LogP contribution in [0.3, 0.4) is 0 Å². The molecule has 1 N–H and O–H groups in total. The van der Waals surface area contributed by atoms with Gasteiger partial charge in [0.25, 0.3) is 0 Å². The van der Waals surface area contributed by atoms with E-state index < -0.39 is 0 Å². The van der Waals surface area contributed by atoms with Gasteiger partial charge in [0.1, 0.15) is 11.3 Å². The summed E-state index contributed by atoms with van der Waals surface area (Å²) in [5, 5.41) is 2.88. The third-order valence-corrected chi connectivity index (χ3v) is 3.50. The molecule has 23 heavy (non-hydrogen) atoms. The number of carbonyl (C=O) groups is 1. The van der Waals surface area contributed by atoms with Gasteiger partial charge < -0.3 is 14.5 Å². The molecule has 5 nitrogen and oxygen atoms in total. The van der Waals surface area contributed by atoms with Crippen LogP contribution in [0.1, 0.15) is 13.8 Å². The standard InChI is InChI=1S/C18H18N2O3/c1-11(2)17(21)19-13-6-4-5-12(9-13)18-20-15-10-14(22-3)7-8-16(15)23-18/h4-11H,1-3H3,(H,19,21). The number of methoxy groups -OCH3 is 1. The van der Waals surface area contributed by atoms with Crippen molar-refractivity contribution in [1.29, 1.82) is 0 Å². The number of nitrogens with zero attached hydrogens (tertiary/aromatic N) is 1. The van der Waals surface area contributed by atoms with Crippen LogP contribution >= 0.6 is 0 Å². The summed E-state index contributed by atoms with van der Waals surface area (Å²) >= 11 is 0. The quantitative estimate of drug-likeness (QED) is 0.788. The van der Waals surface area contributed by atoms with E-state index in [4.69, 9.17) is 9.15 Å². The van der Waals surface area contributed by atoms with Crippen LogP contribution in [0.5, 0.6) is 5.75 Å². The summed E-state index contributed by atoms with van der Waals surface area (Å²) in [7, 11) is 1.61. The molecule has 0 saturated carbocycles. The van der Waals surface area contributed by atoms with Crippen LogP contribution in [0.2, 0.25) is 0 Å². The van der Waals surface area contributed by atoms with Crippen molar-refractivity contribution in [2.24, 2.45) is 5.92 Å². The van der Waals surface area contributed by atoms with Crippen molar-refractivity contribution in [3.8, 4) is 17.2 Å². The van der Waals surface area contributed by atoms with Crippen LogP contribution in [0.15, 0.2) is 46.9 Å². The second kappa shape index (κ2) is 6.12. The maximum Gasteiger partial charge on any atom is 0.227 e. The summed E-state index contributed by atoms with van der Waals surface area (Å²) in [4.78, 5) is 16.3. The van der Waals surface area contributed by atoms with Crippen molar-refractivity contribution in [3.63, 3.8) is 0 Å². The van der Waals surface area contributed by atoms with Crippen LogP contribution in [0.4, 0.5) is 5.69 Å². The molecule has 0 aliphatic heterocycles. The molecule has 2 aromatic carbocycles. The average Bonchev–Trinajstić information content (AvgIpc) is 2.98. The van der Waals surface area contributed by atoms with E-state index >= 15 is 0 Å². The Kier molecular flexibility index (Phi) is 4.02. The lowest BCUT2D eigenvalue weighted by Crippen LogP contribution is -2.17. The molecule has 3 aromatic rings. The Balaban J connectivity index is 1.93. The monoisotopic (exact) mass is 310 g/mol. The van der Waals surface area contributed by atoms with Crippen molar-refractivity contribution in [3.05, 3.63) is 42.5 Å². The normalized spacial score (nSPS) is 11.0. The predicted molar refractivity (Wildman–Crippen MR) is 89.5 cm³/mol. The summed E-state index contributed by atoms with van der Waals surface area (Å²) < 4.78 is 11.0. The van der Waals surface area contributed by atoms with Crippen LogP contribution in [-0.4, -0.2) is 18.0 Å². The van der Waals surface area contributed by atoms with E-state index in [-0.39, 0.29) is 11.8 Å². The van der Waals surface area contributed by atoms with Gasteiger partial charge in [-0.25, -0.2) is 4.98 Å². The SMILES string of the molecule is COc1ccc2oc(-c3cccc(NC(=O)C(C)C)c3)nc2c1. The molecule has 0 aliphatic carbocycles. The van der Waals surface area contributed by atoms with E-state index in [2.05, 4.69) is 10.3 Å². The number of amides is 1. The van der Waals surface area contributed by atoms with Crippen LogP contribution in [0, 0.1) is 5.92 Å². The van der Waals surface area contributed by atoms with Crippen molar-refractivity contribution in [2.75, 3.05) is 12.4 Å². The Morgan fingerprint density at radius 3 is 2.78 bits per heavy atom. The number of carbonyl (C=O) groups excluding carboxylic acids is 1. The maximum atomic E-state index is 11.8. The van der Waals surface area contributed by atoms with Crippen molar-refractivity contribution in [2.45, 2.75) is 13.8 Å². The Labute approximate surface area is 134 Å². The van der Waals surface area contributed by atoms with E-state index in [9.17, 15) is 4.79 Å². The number of rotatable bonds is 4. The van der Waals surface area contributed by atoms with E-state index in [0.29, 0.717) is 11.5 Å². The third-order valence-electron chi connectivity index (χ3n) is 3.50. The topological polar surface area (TPSA) is 64.4 Å². The van der Waals surface area contributed by atoms with Crippen molar-refractivity contribution in [1.82, 2.24) is 4.98 Å². The van der Waals surface area contributed by atoms with Crippen LogP contribution in [-0.2, 0) is 4.79 Å². The number of aromatic nitrogens is 1. The Bertz CT molecular complexity index is 852. The lowest BCUT2D eigenvalue weighted by atomic mass is 10.1. The number of anilines is 1. The first-order valence-electron chi connectivity index (χ1n) is 7.42. The molecule has 0 fully saturated rings. The summed E-state index contributed by atoms with van der Waals surface area (Å²) in [5.74, 6) is 1.14. The van der Waals surface area contributed by atoms with E-state index in [1.807, 2.05) is 56.3 Å². The number of fused-ring (bicyclic) bond motifs is 1. The lowest BCUT2D eigenvalue weighted by Gasteiger charge is -2.08. The van der Waals surface area contributed by atoms with E-state index in [1.54, 1.807) is 7.11 Å². The summed E-state index contributed by atoms with van der Waals surface area (Å²) in [6, 6.07) is 12.9. The molecular weight excluding hydrogens is 292 g/mol. The first-order chi connectivity index (χ1) is 11.1. The second-order valence-electron chi connectivity index (χ2n) is 5.58.